The second-order valence-corrected chi connectivity index (χ2v) is 11.3. The zero-order valence-electron chi connectivity index (χ0n) is 22.9. The molecule has 42 heavy (non-hydrogen) atoms. The predicted molar refractivity (Wildman–Crippen MR) is 170 cm³/mol. The fourth-order valence-electron chi connectivity index (χ4n) is 6.06. The molecule has 0 atom stereocenters. The van der Waals surface area contributed by atoms with Crippen molar-refractivity contribution >= 4 is 50.9 Å². The van der Waals surface area contributed by atoms with Gasteiger partial charge in [0.05, 0.1) is 33.5 Å². The minimum atomic E-state index is -0.949. The standard InChI is InChI=1S/C35H29ClN4O2/c36-25-13-15-26(16-14-25)37-31-21-30(22-7-3-1-4-8-22)38-29-17-11-23(19-28(29)31)34-39-32-20-24(35(41)42)12-18-33(32)40(34)27-9-5-2-6-10-27/h1,3-4,7-8,11-21,27H,2,5-6,9-10H2,(H,37,38)(H,41,42). The Morgan fingerprint density at radius 2 is 1.60 bits per heavy atom. The van der Waals surface area contributed by atoms with Gasteiger partial charge in [-0.05, 0) is 79.6 Å². The van der Waals surface area contributed by atoms with Crippen LogP contribution in [0.4, 0.5) is 11.4 Å². The number of carbonyl (C=O) groups is 1. The summed E-state index contributed by atoms with van der Waals surface area (Å²) in [6.45, 7) is 0. The van der Waals surface area contributed by atoms with Gasteiger partial charge in [-0.1, -0.05) is 61.2 Å². The molecule has 0 amide bonds. The second-order valence-electron chi connectivity index (χ2n) is 10.9. The van der Waals surface area contributed by atoms with E-state index in [4.69, 9.17) is 21.6 Å². The molecule has 0 saturated heterocycles. The molecule has 0 unspecified atom stereocenters. The SMILES string of the molecule is O=C(O)c1ccc2c(c1)nc(-c1ccc3nc(-c4ccccc4)cc(Nc4ccc(Cl)cc4)c3c1)n2C1CCCCC1. The number of nitrogens with one attached hydrogen (secondary N) is 1. The summed E-state index contributed by atoms with van der Waals surface area (Å²) in [6, 6.07) is 31.8. The number of hydrogen-bond donors (Lipinski definition) is 2. The molecule has 2 aromatic heterocycles. The molecule has 6 aromatic rings. The van der Waals surface area contributed by atoms with E-state index in [2.05, 4.69) is 46.3 Å². The van der Waals surface area contributed by atoms with E-state index in [-0.39, 0.29) is 5.56 Å². The zero-order valence-corrected chi connectivity index (χ0v) is 23.7. The molecule has 1 aliphatic carbocycles. The van der Waals surface area contributed by atoms with E-state index in [1.807, 2.05) is 48.5 Å². The number of carboxylic acids is 1. The number of anilines is 2. The molecule has 1 saturated carbocycles. The van der Waals surface area contributed by atoms with E-state index in [9.17, 15) is 9.90 Å². The van der Waals surface area contributed by atoms with Crippen LogP contribution >= 0.6 is 11.6 Å². The largest absolute Gasteiger partial charge is 0.478 e. The van der Waals surface area contributed by atoms with E-state index in [1.54, 1.807) is 12.1 Å². The van der Waals surface area contributed by atoms with Gasteiger partial charge in [0, 0.05) is 33.3 Å². The molecular formula is C35H29ClN4O2. The first-order valence-electron chi connectivity index (χ1n) is 14.3. The van der Waals surface area contributed by atoms with E-state index < -0.39 is 5.97 Å². The highest BCUT2D eigenvalue weighted by molar-refractivity contribution is 6.30. The van der Waals surface area contributed by atoms with Crippen LogP contribution in [0.5, 0.6) is 0 Å². The third-order valence-electron chi connectivity index (χ3n) is 8.14. The summed E-state index contributed by atoms with van der Waals surface area (Å²) in [5.41, 5.74) is 7.52. The number of benzene rings is 4. The molecule has 7 heteroatoms. The van der Waals surface area contributed by atoms with Crippen molar-refractivity contribution in [2.75, 3.05) is 5.32 Å². The van der Waals surface area contributed by atoms with Crippen molar-refractivity contribution in [1.82, 2.24) is 14.5 Å². The molecule has 0 aliphatic heterocycles. The van der Waals surface area contributed by atoms with E-state index in [0.717, 1.165) is 63.3 Å². The summed E-state index contributed by atoms with van der Waals surface area (Å²) in [4.78, 5) is 21.8. The normalized spacial score (nSPS) is 13.9. The Labute approximate surface area is 248 Å². The third-order valence-corrected chi connectivity index (χ3v) is 8.39. The van der Waals surface area contributed by atoms with Gasteiger partial charge in [0.15, 0.2) is 0 Å². The van der Waals surface area contributed by atoms with Gasteiger partial charge in [0.25, 0.3) is 0 Å². The number of rotatable bonds is 6. The van der Waals surface area contributed by atoms with Gasteiger partial charge in [-0.15, -0.1) is 0 Å². The summed E-state index contributed by atoms with van der Waals surface area (Å²) in [6.07, 6.45) is 5.76. The van der Waals surface area contributed by atoms with Crippen molar-refractivity contribution in [3.8, 4) is 22.6 Å². The lowest BCUT2D eigenvalue weighted by atomic mass is 9.94. The quantitative estimate of drug-likeness (QED) is 0.208. The molecule has 208 valence electrons. The first kappa shape index (κ1) is 26.2. The Morgan fingerprint density at radius 1 is 0.810 bits per heavy atom. The van der Waals surface area contributed by atoms with Crippen molar-refractivity contribution in [1.29, 1.82) is 0 Å². The molecule has 2 N–H and O–H groups in total. The van der Waals surface area contributed by atoms with Crippen LogP contribution in [0.15, 0.2) is 97.1 Å². The number of carboxylic acid groups (broad SMARTS) is 1. The maximum absolute atomic E-state index is 11.7. The molecule has 6 nitrogen and oxygen atoms in total. The van der Waals surface area contributed by atoms with Gasteiger partial charge in [0.2, 0.25) is 0 Å². The average Bonchev–Trinajstić information content (AvgIpc) is 3.41. The summed E-state index contributed by atoms with van der Waals surface area (Å²) < 4.78 is 2.33. The highest BCUT2D eigenvalue weighted by Crippen LogP contribution is 2.38. The third kappa shape index (κ3) is 4.99. The predicted octanol–water partition coefficient (Wildman–Crippen LogP) is 9.52. The van der Waals surface area contributed by atoms with Gasteiger partial charge < -0.3 is 15.0 Å². The lowest BCUT2D eigenvalue weighted by Crippen LogP contribution is -2.14. The molecule has 0 bridgehead atoms. The lowest BCUT2D eigenvalue weighted by Gasteiger charge is -2.26. The maximum atomic E-state index is 11.7. The van der Waals surface area contributed by atoms with Gasteiger partial charge in [0.1, 0.15) is 5.82 Å². The van der Waals surface area contributed by atoms with Crippen molar-refractivity contribution < 1.29 is 9.90 Å². The number of hydrogen-bond acceptors (Lipinski definition) is 4. The number of pyridine rings is 1. The van der Waals surface area contributed by atoms with Crippen molar-refractivity contribution in [3.63, 3.8) is 0 Å². The van der Waals surface area contributed by atoms with Crippen LogP contribution < -0.4 is 5.32 Å². The monoisotopic (exact) mass is 572 g/mol. The second kappa shape index (κ2) is 11.0. The van der Waals surface area contributed by atoms with Crippen LogP contribution in [0, 0.1) is 0 Å². The Bertz CT molecular complexity index is 1930. The number of imidazole rings is 1. The molecule has 0 radical (unpaired) electrons. The molecule has 4 aromatic carbocycles. The smallest absolute Gasteiger partial charge is 0.335 e. The van der Waals surface area contributed by atoms with Gasteiger partial charge in [-0.25, -0.2) is 14.8 Å². The van der Waals surface area contributed by atoms with E-state index >= 15 is 0 Å². The lowest BCUT2D eigenvalue weighted by molar-refractivity contribution is 0.0697. The summed E-state index contributed by atoms with van der Waals surface area (Å²) in [5.74, 6) is -0.0968. The number of fused-ring (bicyclic) bond motifs is 2. The Balaban J connectivity index is 1.41. The maximum Gasteiger partial charge on any atom is 0.335 e. The topological polar surface area (TPSA) is 80.0 Å². The first-order valence-corrected chi connectivity index (χ1v) is 14.7. The fourth-order valence-corrected chi connectivity index (χ4v) is 6.18. The van der Waals surface area contributed by atoms with Crippen molar-refractivity contribution in [2.45, 2.75) is 38.1 Å². The highest BCUT2D eigenvalue weighted by atomic mass is 35.5. The molecule has 1 aliphatic rings. The van der Waals surface area contributed by atoms with Crippen LogP contribution in [0.1, 0.15) is 48.5 Å². The van der Waals surface area contributed by atoms with Crippen LogP contribution in [0.25, 0.3) is 44.6 Å². The molecule has 1 fully saturated rings. The van der Waals surface area contributed by atoms with Gasteiger partial charge in [-0.2, -0.15) is 0 Å². The molecule has 2 heterocycles. The minimum Gasteiger partial charge on any atom is -0.478 e. The number of aromatic nitrogens is 3. The Hall–Kier alpha value is -4.68. The van der Waals surface area contributed by atoms with E-state index in [1.165, 1.54) is 19.3 Å². The van der Waals surface area contributed by atoms with Gasteiger partial charge in [-0.3, -0.25) is 0 Å². The minimum absolute atomic E-state index is 0.243. The Kier molecular flexibility index (Phi) is 6.84. The fraction of sp³-hybridized carbons (Fsp3) is 0.171. The molecule has 0 spiro atoms. The van der Waals surface area contributed by atoms with Crippen LogP contribution in [0.3, 0.4) is 0 Å². The summed E-state index contributed by atoms with van der Waals surface area (Å²) in [7, 11) is 0. The van der Waals surface area contributed by atoms with Crippen molar-refractivity contribution in [3.05, 3.63) is 108 Å². The van der Waals surface area contributed by atoms with Crippen LogP contribution in [-0.4, -0.2) is 25.6 Å². The number of nitrogens with zero attached hydrogens (tertiary/aromatic N) is 3. The van der Waals surface area contributed by atoms with Crippen molar-refractivity contribution in [2.24, 2.45) is 0 Å². The van der Waals surface area contributed by atoms with Crippen LogP contribution in [0.2, 0.25) is 5.02 Å². The Morgan fingerprint density at radius 3 is 2.36 bits per heavy atom. The number of aromatic carboxylic acids is 1. The average molecular weight is 573 g/mol. The molecular weight excluding hydrogens is 544 g/mol. The molecule has 7 rings (SSSR count). The summed E-state index contributed by atoms with van der Waals surface area (Å²) >= 11 is 6.16. The van der Waals surface area contributed by atoms with Crippen LogP contribution in [-0.2, 0) is 0 Å². The number of halogens is 1. The highest BCUT2D eigenvalue weighted by Gasteiger charge is 2.23. The zero-order chi connectivity index (χ0) is 28.6. The summed E-state index contributed by atoms with van der Waals surface area (Å²) in [5, 5.41) is 14.9. The van der Waals surface area contributed by atoms with E-state index in [0.29, 0.717) is 16.6 Å². The van der Waals surface area contributed by atoms with Gasteiger partial charge >= 0.3 is 5.97 Å². The first-order chi connectivity index (χ1) is 20.5.